The predicted octanol–water partition coefficient (Wildman–Crippen LogP) is 2.47. The number of aliphatic imine (C=N–C) groups is 1. The van der Waals surface area contributed by atoms with Gasteiger partial charge in [-0.15, -0.1) is 5.48 Å². The molecule has 2 amide bonds. The number of pyridine rings is 1. The van der Waals surface area contributed by atoms with Gasteiger partial charge in [0.25, 0.3) is 5.91 Å². The van der Waals surface area contributed by atoms with Gasteiger partial charge in [0, 0.05) is 37.8 Å². The highest BCUT2D eigenvalue weighted by Gasteiger charge is 2.24. The van der Waals surface area contributed by atoms with E-state index in [0.717, 1.165) is 11.1 Å². The van der Waals surface area contributed by atoms with Crippen molar-refractivity contribution in [3.63, 3.8) is 0 Å². The number of aryl methyl sites for hydroxylation is 1. The minimum Gasteiger partial charge on any atom is -0.391 e. The van der Waals surface area contributed by atoms with E-state index in [1.807, 2.05) is 48.2 Å². The van der Waals surface area contributed by atoms with Crippen LogP contribution < -0.4 is 10.8 Å². The molecule has 0 spiro atoms. The number of hydrogen-bond acceptors (Lipinski definition) is 7. The second-order valence-electron chi connectivity index (χ2n) is 8.24. The van der Waals surface area contributed by atoms with E-state index in [1.165, 1.54) is 0 Å². The van der Waals surface area contributed by atoms with Crippen molar-refractivity contribution in [2.75, 3.05) is 31.6 Å². The molecule has 1 fully saturated rings. The fourth-order valence-electron chi connectivity index (χ4n) is 3.99. The number of rotatable bonds is 6. The Morgan fingerprint density at radius 3 is 2.91 bits per heavy atom. The van der Waals surface area contributed by atoms with Crippen LogP contribution in [0, 0.1) is 6.92 Å². The quantitative estimate of drug-likeness (QED) is 0.583. The molecule has 176 valence electrons. The van der Waals surface area contributed by atoms with Gasteiger partial charge in [-0.1, -0.05) is 18.2 Å². The van der Waals surface area contributed by atoms with Crippen molar-refractivity contribution >= 4 is 29.0 Å². The van der Waals surface area contributed by atoms with Crippen LogP contribution in [0.1, 0.15) is 40.6 Å². The van der Waals surface area contributed by atoms with Crippen molar-refractivity contribution in [2.24, 2.45) is 4.99 Å². The van der Waals surface area contributed by atoms with Crippen LogP contribution >= 0.6 is 0 Å². The summed E-state index contributed by atoms with van der Waals surface area (Å²) < 4.78 is 7.04. The Morgan fingerprint density at radius 1 is 1.21 bits per heavy atom. The summed E-state index contributed by atoms with van der Waals surface area (Å²) in [4.78, 5) is 41.5. The van der Waals surface area contributed by atoms with Gasteiger partial charge in [-0.25, -0.2) is 9.98 Å². The number of imidazole rings is 1. The zero-order valence-corrected chi connectivity index (χ0v) is 18.9. The van der Waals surface area contributed by atoms with Crippen LogP contribution in [0.4, 0.5) is 5.69 Å². The first-order valence-electron chi connectivity index (χ1n) is 11.3. The summed E-state index contributed by atoms with van der Waals surface area (Å²) >= 11 is 0. The highest BCUT2D eigenvalue weighted by molar-refractivity contribution is 6.04. The zero-order valence-electron chi connectivity index (χ0n) is 18.9. The second kappa shape index (κ2) is 9.62. The highest BCUT2D eigenvalue weighted by atomic mass is 16.7. The Hall–Kier alpha value is -3.76. The number of aromatic nitrogens is 2. The molecule has 1 atom stereocenters. The van der Waals surface area contributed by atoms with Gasteiger partial charge in [-0.3, -0.25) is 14.0 Å². The molecule has 0 saturated carbocycles. The molecule has 34 heavy (non-hydrogen) atoms. The lowest BCUT2D eigenvalue weighted by Gasteiger charge is -2.26. The van der Waals surface area contributed by atoms with E-state index in [-0.39, 0.29) is 11.8 Å². The Balaban J connectivity index is 1.25. The zero-order chi connectivity index (χ0) is 23.5. The molecule has 10 heteroatoms. The van der Waals surface area contributed by atoms with Crippen LogP contribution in [0.25, 0.3) is 5.65 Å². The third kappa shape index (κ3) is 4.63. The van der Waals surface area contributed by atoms with Gasteiger partial charge in [0.15, 0.2) is 6.17 Å². The van der Waals surface area contributed by atoms with Gasteiger partial charge in [0.1, 0.15) is 11.3 Å². The van der Waals surface area contributed by atoms with Gasteiger partial charge in [-0.05, 0) is 36.2 Å². The monoisotopic (exact) mass is 462 g/mol. The van der Waals surface area contributed by atoms with Crippen molar-refractivity contribution < 1.29 is 19.2 Å². The van der Waals surface area contributed by atoms with Crippen molar-refractivity contribution in [3.8, 4) is 0 Å². The lowest BCUT2D eigenvalue weighted by molar-refractivity contribution is -0.135. The number of benzene rings is 1. The first-order valence-corrected chi connectivity index (χ1v) is 11.3. The number of carbonyl (C=O) groups excluding carboxylic acids is 2. The SMILES string of the molecule is Cc1ccc(C2N=C(CCC(=O)N3CCOCC3)ON2)cc1NC(=O)c1cnc2ccccn12. The Kier molecular flexibility index (Phi) is 6.24. The average molecular weight is 463 g/mol. The average Bonchev–Trinajstić information content (AvgIpc) is 3.52. The van der Waals surface area contributed by atoms with Gasteiger partial charge >= 0.3 is 0 Å². The van der Waals surface area contributed by atoms with Crippen LogP contribution in [0.3, 0.4) is 0 Å². The molecule has 1 saturated heterocycles. The topological polar surface area (TPSA) is 110 Å². The summed E-state index contributed by atoms with van der Waals surface area (Å²) in [5.74, 6) is 0.315. The maximum atomic E-state index is 12.9. The molecular weight excluding hydrogens is 436 g/mol. The molecule has 0 aliphatic carbocycles. The number of carbonyl (C=O) groups is 2. The standard InChI is InChI=1S/C24H26N6O4/c1-16-5-6-17(14-18(16)26-24(32)19-15-25-20-4-2-3-9-30(19)20)23-27-21(34-28-23)7-8-22(31)29-10-12-33-13-11-29/h2-6,9,14-15,23,28H,7-8,10-13H2,1H3,(H,26,32). The number of nitrogens with one attached hydrogen (secondary N) is 2. The van der Waals surface area contributed by atoms with Crippen LogP contribution in [0.2, 0.25) is 0 Å². The van der Waals surface area contributed by atoms with Crippen molar-refractivity contribution in [1.82, 2.24) is 19.8 Å². The minimum absolute atomic E-state index is 0.0748. The molecule has 2 N–H and O–H groups in total. The smallest absolute Gasteiger partial charge is 0.274 e. The van der Waals surface area contributed by atoms with E-state index in [2.05, 4.69) is 20.8 Å². The van der Waals surface area contributed by atoms with Crippen LogP contribution in [-0.4, -0.2) is 58.3 Å². The van der Waals surface area contributed by atoms with Gasteiger partial charge < -0.3 is 19.8 Å². The Morgan fingerprint density at radius 2 is 2.06 bits per heavy atom. The molecule has 2 aliphatic rings. The molecule has 2 aliphatic heterocycles. The molecule has 5 rings (SSSR count). The van der Waals surface area contributed by atoms with Crippen molar-refractivity contribution in [3.05, 3.63) is 65.6 Å². The number of morpholine rings is 1. The normalized spacial score (nSPS) is 18.0. The molecular formula is C24H26N6O4. The van der Waals surface area contributed by atoms with Crippen molar-refractivity contribution in [2.45, 2.75) is 25.9 Å². The van der Waals surface area contributed by atoms with Gasteiger partial charge in [0.2, 0.25) is 11.8 Å². The van der Waals surface area contributed by atoms with E-state index in [9.17, 15) is 9.59 Å². The van der Waals surface area contributed by atoms with E-state index in [0.29, 0.717) is 62.1 Å². The largest absolute Gasteiger partial charge is 0.391 e. The Labute approximate surface area is 196 Å². The Bertz CT molecular complexity index is 1250. The summed E-state index contributed by atoms with van der Waals surface area (Å²) in [5.41, 5.74) is 6.51. The number of nitrogens with zero attached hydrogens (tertiary/aromatic N) is 4. The third-order valence-electron chi connectivity index (χ3n) is 5.95. The first-order chi connectivity index (χ1) is 16.6. The number of amides is 2. The molecule has 10 nitrogen and oxygen atoms in total. The van der Waals surface area contributed by atoms with Gasteiger partial charge in [0.05, 0.1) is 19.4 Å². The molecule has 1 unspecified atom stereocenters. The van der Waals surface area contributed by atoms with E-state index in [1.54, 1.807) is 16.8 Å². The van der Waals surface area contributed by atoms with E-state index in [4.69, 9.17) is 9.57 Å². The summed E-state index contributed by atoms with van der Waals surface area (Å²) in [6.45, 7) is 4.34. The number of ether oxygens (including phenoxy) is 1. The molecule has 1 aromatic carbocycles. The van der Waals surface area contributed by atoms with Crippen molar-refractivity contribution in [1.29, 1.82) is 0 Å². The summed E-state index contributed by atoms with van der Waals surface area (Å²) in [5, 5.41) is 2.98. The van der Waals surface area contributed by atoms with Gasteiger partial charge in [-0.2, -0.15) is 0 Å². The van der Waals surface area contributed by atoms with Crippen LogP contribution in [0.5, 0.6) is 0 Å². The molecule has 3 aromatic rings. The second-order valence-corrected chi connectivity index (χ2v) is 8.24. The lowest BCUT2D eigenvalue weighted by atomic mass is 10.1. The van der Waals surface area contributed by atoms with Crippen LogP contribution in [-0.2, 0) is 14.4 Å². The summed E-state index contributed by atoms with van der Waals surface area (Å²) in [6, 6.07) is 11.3. The molecule has 0 radical (unpaired) electrons. The molecule has 4 heterocycles. The highest BCUT2D eigenvalue weighted by Crippen LogP contribution is 2.26. The fourth-order valence-corrected chi connectivity index (χ4v) is 3.99. The van der Waals surface area contributed by atoms with Crippen LogP contribution in [0.15, 0.2) is 53.8 Å². The number of anilines is 1. The first kappa shape index (κ1) is 22.1. The molecule has 2 aromatic heterocycles. The summed E-state index contributed by atoms with van der Waals surface area (Å²) in [7, 11) is 0. The summed E-state index contributed by atoms with van der Waals surface area (Å²) in [6.07, 6.45) is 3.71. The van der Waals surface area contributed by atoms with E-state index >= 15 is 0 Å². The number of hydrogen-bond donors (Lipinski definition) is 2. The van der Waals surface area contributed by atoms with E-state index < -0.39 is 6.17 Å². The maximum Gasteiger partial charge on any atom is 0.274 e. The fraction of sp³-hybridized carbons (Fsp3) is 0.333. The third-order valence-corrected chi connectivity index (χ3v) is 5.95. The minimum atomic E-state index is -0.416. The maximum absolute atomic E-state index is 12.9. The predicted molar refractivity (Wildman–Crippen MR) is 125 cm³/mol. The molecule has 0 bridgehead atoms. The lowest BCUT2D eigenvalue weighted by Crippen LogP contribution is -2.40. The number of hydroxylamine groups is 1. The number of fused-ring (bicyclic) bond motifs is 1.